The lowest BCUT2D eigenvalue weighted by Gasteiger charge is -2.28. The van der Waals surface area contributed by atoms with Crippen molar-refractivity contribution in [3.8, 4) is 11.5 Å². The van der Waals surface area contributed by atoms with Crippen molar-refractivity contribution in [2.45, 2.75) is 57.6 Å². The van der Waals surface area contributed by atoms with Crippen molar-refractivity contribution in [1.82, 2.24) is 5.32 Å². The summed E-state index contributed by atoms with van der Waals surface area (Å²) in [4.78, 5) is 0. The number of aliphatic hydroxyl groups excluding tert-OH is 1. The fraction of sp³-hybridized carbons (Fsp3) is 0.684. The molecule has 1 fully saturated rings. The van der Waals surface area contributed by atoms with E-state index in [0.29, 0.717) is 12.0 Å². The van der Waals surface area contributed by atoms with Crippen molar-refractivity contribution >= 4 is 0 Å². The van der Waals surface area contributed by atoms with E-state index in [2.05, 4.69) is 24.4 Å². The maximum absolute atomic E-state index is 9.79. The minimum Gasteiger partial charge on any atom is -0.493 e. The number of methoxy groups -OCH3 is 2. The monoisotopic (exact) mass is 321 g/mol. The first-order chi connectivity index (χ1) is 11.2. The number of hydrogen-bond donors (Lipinski definition) is 2. The molecule has 1 aliphatic rings. The molecule has 1 aliphatic carbocycles. The zero-order valence-electron chi connectivity index (χ0n) is 14.7. The molecule has 4 nitrogen and oxygen atoms in total. The van der Waals surface area contributed by atoms with Gasteiger partial charge in [0, 0.05) is 6.04 Å². The summed E-state index contributed by atoms with van der Waals surface area (Å²) in [6.45, 7) is 3.22. The number of hydrogen-bond acceptors (Lipinski definition) is 4. The highest BCUT2D eigenvalue weighted by molar-refractivity contribution is 5.43. The van der Waals surface area contributed by atoms with E-state index in [9.17, 15) is 5.11 Å². The molecule has 0 bridgehead atoms. The summed E-state index contributed by atoms with van der Waals surface area (Å²) < 4.78 is 10.7. The van der Waals surface area contributed by atoms with Crippen LogP contribution >= 0.6 is 0 Å². The van der Waals surface area contributed by atoms with Gasteiger partial charge in [-0.3, -0.25) is 0 Å². The van der Waals surface area contributed by atoms with Gasteiger partial charge in [-0.25, -0.2) is 0 Å². The molecule has 0 aliphatic heterocycles. The van der Waals surface area contributed by atoms with Gasteiger partial charge >= 0.3 is 0 Å². The number of aliphatic hydroxyl groups is 1. The number of rotatable bonds is 8. The van der Waals surface area contributed by atoms with Crippen LogP contribution in [0.1, 0.15) is 44.6 Å². The molecule has 1 saturated carbocycles. The van der Waals surface area contributed by atoms with Gasteiger partial charge in [0.2, 0.25) is 0 Å². The molecule has 0 aromatic heterocycles. The zero-order chi connectivity index (χ0) is 16.7. The van der Waals surface area contributed by atoms with Crippen LogP contribution in [0.5, 0.6) is 11.5 Å². The van der Waals surface area contributed by atoms with E-state index < -0.39 is 0 Å². The van der Waals surface area contributed by atoms with Gasteiger partial charge in [-0.1, -0.05) is 19.4 Å². The van der Waals surface area contributed by atoms with Crippen molar-refractivity contribution in [1.29, 1.82) is 0 Å². The second-order valence-corrected chi connectivity index (χ2v) is 6.59. The van der Waals surface area contributed by atoms with E-state index in [1.54, 1.807) is 14.2 Å². The van der Waals surface area contributed by atoms with Crippen LogP contribution in [0.15, 0.2) is 18.2 Å². The largest absolute Gasteiger partial charge is 0.493 e. The van der Waals surface area contributed by atoms with Crippen LogP contribution in [-0.4, -0.2) is 38.0 Å². The second kappa shape index (κ2) is 9.14. The van der Waals surface area contributed by atoms with Gasteiger partial charge in [-0.05, 0) is 62.3 Å². The minimum absolute atomic E-state index is 0.0959. The third-order valence-electron chi connectivity index (χ3n) is 4.87. The van der Waals surface area contributed by atoms with Crippen LogP contribution in [0.2, 0.25) is 0 Å². The maximum Gasteiger partial charge on any atom is 0.160 e. The summed E-state index contributed by atoms with van der Waals surface area (Å²) in [6.07, 6.45) is 6.27. The summed E-state index contributed by atoms with van der Waals surface area (Å²) in [5.41, 5.74) is 1.26. The number of ether oxygens (including phenoxy) is 2. The van der Waals surface area contributed by atoms with Gasteiger partial charge in [0.15, 0.2) is 11.5 Å². The van der Waals surface area contributed by atoms with Crippen LogP contribution in [0.4, 0.5) is 0 Å². The zero-order valence-corrected chi connectivity index (χ0v) is 14.7. The number of nitrogens with one attached hydrogen (secondary N) is 1. The summed E-state index contributed by atoms with van der Waals surface area (Å²) in [5, 5.41) is 13.5. The Bertz CT molecular complexity index is 478. The Labute approximate surface area is 140 Å². The standard InChI is InChI=1S/C19H31NO3/c1-4-16(20-13-15-6-5-7-17(21)11-15)10-14-8-9-18(22-2)19(12-14)23-3/h8-9,12,15-17,20-21H,4-7,10-11,13H2,1-3H3. The van der Waals surface area contributed by atoms with Crippen molar-refractivity contribution < 1.29 is 14.6 Å². The van der Waals surface area contributed by atoms with Crippen molar-refractivity contribution in [2.75, 3.05) is 20.8 Å². The van der Waals surface area contributed by atoms with Crippen LogP contribution in [0.3, 0.4) is 0 Å². The van der Waals surface area contributed by atoms with Gasteiger partial charge < -0.3 is 19.9 Å². The molecule has 0 spiro atoms. The van der Waals surface area contributed by atoms with E-state index in [-0.39, 0.29) is 6.10 Å². The third kappa shape index (κ3) is 5.40. The minimum atomic E-state index is -0.0959. The summed E-state index contributed by atoms with van der Waals surface area (Å²) >= 11 is 0. The molecule has 0 saturated heterocycles. The molecule has 1 aromatic rings. The predicted octanol–water partition coefficient (Wildman–Crippen LogP) is 3.17. The lowest BCUT2D eigenvalue weighted by atomic mass is 9.87. The topological polar surface area (TPSA) is 50.7 Å². The normalized spacial score (nSPS) is 22.6. The molecule has 0 amide bonds. The SMILES string of the molecule is CCC(Cc1ccc(OC)c(OC)c1)NCC1CCCC(O)C1. The average Bonchev–Trinajstić information content (AvgIpc) is 2.58. The molecule has 3 unspecified atom stereocenters. The summed E-state index contributed by atoms with van der Waals surface area (Å²) in [7, 11) is 3.33. The van der Waals surface area contributed by atoms with Gasteiger partial charge in [-0.2, -0.15) is 0 Å². The quantitative estimate of drug-likeness (QED) is 0.772. The van der Waals surface area contributed by atoms with Gasteiger partial charge in [0.25, 0.3) is 0 Å². The van der Waals surface area contributed by atoms with Gasteiger partial charge in [0.1, 0.15) is 0 Å². The maximum atomic E-state index is 9.79. The molecule has 4 heteroatoms. The molecule has 3 atom stereocenters. The highest BCUT2D eigenvalue weighted by Gasteiger charge is 2.20. The first-order valence-electron chi connectivity index (χ1n) is 8.78. The van der Waals surface area contributed by atoms with Crippen LogP contribution in [0.25, 0.3) is 0 Å². The molecule has 0 radical (unpaired) electrons. The lowest BCUT2D eigenvalue weighted by Crippen LogP contribution is -2.36. The molecule has 0 heterocycles. The molecule has 23 heavy (non-hydrogen) atoms. The second-order valence-electron chi connectivity index (χ2n) is 6.59. The molecular formula is C19H31NO3. The fourth-order valence-corrected chi connectivity index (χ4v) is 3.43. The highest BCUT2D eigenvalue weighted by atomic mass is 16.5. The molecular weight excluding hydrogens is 290 g/mol. The Kier molecular flexibility index (Phi) is 7.18. The summed E-state index contributed by atoms with van der Waals surface area (Å²) in [6, 6.07) is 6.59. The van der Waals surface area contributed by atoms with E-state index in [1.165, 1.54) is 12.0 Å². The Hall–Kier alpha value is -1.26. The van der Waals surface area contributed by atoms with Gasteiger partial charge in [0.05, 0.1) is 20.3 Å². The Morgan fingerprint density at radius 1 is 1.22 bits per heavy atom. The molecule has 130 valence electrons. The van der Waals surface area contributed by atoms with Crippen LogP contribution in [0, 0.1) is 5.92 Å². The van der Waals surface area contributed by atoms with E-state index in [1.807, 2.05) is 6.07 Å². The van der Waals surface area contributed by atoms with E-state index in [0.717, 1.165) is 50.1 Å². The predicted molar refractivity (Wildman–Crippen MR) is 93.3 cm³/mol. The Balaban J connectivity index is 1.88. The third-order valence-corrected chi connectivity index (χ3v) is 4.87. The molecule has 2 N–H and O–H groups in total. The molecule has 1 aromatic carbocycles. The highest BCUT2D eigenvalue weighted by Crippen LogP contribution is 2.28. The van der Waals surface area contributed by atoms with E-state index in [4.69, 9.17) is 9.47 Å². The smallest absolute Gasteiger partial charge is 0.160 e. The lowest BCUT2D eigenvalue weighted by molar-refractivity contribution is 0.0995. The van der Waals surface area contributed by atoms with Gasteiger partial charge in [-0.15, -0.1) is 0 Å². The first-order valence-corrected chi connectivity index (χ1v) is 8.78. The van der Waals surface area contributed by atoms with E-state index >= 15 is 0 Å². The fourth-order valence-electron chi connectivity index (χ4n) is 3.43. The first kappa shape index (κ1) is 18.1. The van der Waals surface area contributed by atoms with Crippen molar-refractivity contribution in [2.24, 2.45) is 5.92 Å². The Morgan fingerprint density at radius 3 is 2.65 bits per heavy atom. The van der Waals surface area contributed by atoms with Crippen LogP contribution in [-0.2, 0) is 6.42 Å². The van der Waals surface area contributed by atoms with Crippen molar-refractivity contribution in [3.63, 3.8) is 0 Å². The average molecular weight is 321 g/mol. The van der Waals surface area contributed by atoms with Crippen LogP contribution < -0.4 is 14.8 Å². The van der Waals surface area contributed by atoms with Crippen molar-refractivity contribution in [3.05, 3.63) is 23.8 Å². The summed E-state index contributed by atoms with van der Waals surface area (Å²) in [5.74, 6) is 2.17. The number of benzene rings is 1. The Morgan fingerprint density at radius 2 is 2.00 bits per heavy atom. The molecule has 2 rings (SSSR count).